The van der Waals surface area contributed by atoms with Crippen LogP contribution in [-0.4, -0.2) is 43.7 Å². The Morgan fingerprint density at radius 2 is 1.94 bits per heavy atom. The van der Waals surface area contributed by atoms with Crippen LogP contribution in [0, 0.1) is 5.92 Å². The summed E-state index contributed by atoms with van der Waals surface area (Å²) in [4.78, 5) is 0. The Balaban J connectivity index is 3.27. The topological polar surface area (TPSA) is 41.5 Å². The molecule has 16 heavy (non-hydrogen) atoms. The highest BCUT2D eigenvalue weighted by atomic mass is 19.4. The van der Waals surface area contributed by atoms with Gasteiger partial charge >= 0.3 is 6.18 Å². The van der Waals surface area contributed by atoms with Gasteiger partial charge in [0.1, 0.15) is 6.61 Å². The fraction of sp³-hybridized carbons (Fsp3) is 1.00. The van der Waals surface area contributed by atoms with Crippen LogP contribution in [0.4, 0.5) is 13.2 Å². The maximum absolute atomic E-state index is 11.7. The molecule has 1 unspecified atom stereocenters. The highest BCUT2D eigenvalue weighted by molar-refractivity contribution is 4.61. The molecular formula is C10H20F3NO2. The van der Waals surface area contributed by atoms with E-state index >= 15 is 0 Å². The summed E-state index contributed by atoms with van der Waals surface area (Å²) in [6.45, 7) is 3.46. The number of rotatable bonds is 8. The molecule has 0 saturated heterocycles. The van der Waals surface area contributed by atoms with Crippen LogP contribution in [0.15, 0.2) is 0 Å². The van der Waals surface area contributed by atoms with Crippen LogP contribution >= 0.6 is 0 Å². The summed E-state index contributed by atoms with van der Waals surface area (Å²) in [6, 6.07) is 0. The lowest BCUT2D eigenvalue weighted by Gasteiger charge is -2.14. The molecule has 0 heterocycles. The minimum atomic E-state index is -4.27. The number of aliphatic hydroxyl groups is 1. The molecule has 0 rings (SSSR count). The first-order chi connectivity index (χ1) is 7.31. The van der Waals surface area contributed by atoms with E-state index in [4.69, 9.17) is 0 Å². The van der Waals surface area contributed by atoms with Gasteiger partial charge in [-0.3, -0.25) is 0 Å². The van der Waals surface area contributed by atoms with Crippen molar-refractivity contribution in [3.8, 4) is 0 Å². The molecule has 0 saturated carbocycles. The standard InChI is InChI=1S/C10H20F3NO2/c1-8(2)5-9(15)6-14-3-4-16-7-10(11,12)13/h8-9,14-15H,3-7H2,1-2H3. The molecule has 0 aliphatic carbocycles. The smallest absolute Gasteiger partial charge is 0.392 e. The molecule has 0 amide bonds. The maximum Gasteiger partial charge on any atom is 0.411 e. The monoisotopic (exact) mass is 243 g/mol. The zero-order valence-electron chi connectivity index (χ0n) is 9.68. The Kier molecular flexibility index (Phi) is 7.70. The van der Waals surface area contributed by atoms with Crippen LogP contribution < -0.4 is 5.32 Å². The highest BCUT2D eigenvalue weighted by Crippen LogP contribution is 2.13. The van der Waals surface area contributed by atoms with Crippen LogP contribution in [0.25, 0.3) is 0 Å². The third-order valence-corrected chi connectivity index (χ3v) is 1.81. The number of alkyl halides is 3. The molecule has 3 nitrogen and oxygen atoms in total. The largest absolute Gasteiger partial charge is 0.411 e. The summed E-state index contributed by atoms with van der Waals surface area (Å²) in [6.07, 6.45) is -4.05. The summed E-state index contributed by atoms with van der Waals surface area (Å²) in [5.74, 6) is 0.401. The van der Waals surface area contributed by atoms with Gasteiger partial charge in [-0.05, 0) is 12.3 Å². The molecule has 98 valence electrons. The van der Waals surface area contributed by atoms with E-state index in [0.717, 1.165) is 0 Å². The van der Waals surface area contributed by atoms with Gasteiger partial charge in [-0.1, -0.05) is 13.8 Å². The van der Waals surface area contributed by atoms with Gasteiger partial charge < -0.3 is 15.2 Å². The third kappa shape index (κ3) is 11.7. The maximum atomic E-state index is 11.7. The highest BCUT2D eigenvalue weighted by Gasteiger charge is 2.27. The van der Waals surface area contributed by atoms with Gasteiger partial charge in [0.05, 0.1) is 12.7 Å². The fourth-order valence-electron chi connectivity index (χ4n) is 1.23. The van der Waals surface area contributed by atoms with Gasteiger partial charge in [-0.15, -0.1) is 0 Å². The molecule has 0 aromatic carbocycles. The van der Waals surface area contributed by atoms with Crippen molar-refractivity contribution in [3.63, 3.8) is 0 Å². The van der Waals surface area contributed by atoms with Crippen molar-refractivity contribution in [2.75, 3.05) is 26.3 Å². The van der Waals surface area contributed by atoms with Crippen LogP contribution in [0.5, 0.6) is 0 Å². The van der Waals surface area contributed by atoms with Crippen LogP contribution in [0.2, 0.25) is 0 Å². The first kappa shape index (κ1) is 15.7. The molecule has 6 heteroatoms. The van der Waals surface area contributed by atoms with E-state index in [2.05, 4.69) is 10.1 Å². The lowest BCUT2D eigenvalue weighted by molar-refractivity contribution is -0.173. The van der Waals surface area contributed by atoms with Crippen molar-refractivity contribution >= 4 is 0 Å². The summed E-state index contributed by atoms with van der Waals surface area (Å²) in [7, 11) is 0. The predicted molar refractivity (Wildman–Crippen MR) is 55.2 cm³/mol. The molecule has 1 atom stereocenters. The minimum absolute atomic E-state index is 0.00604. The summed E-state index contributed by atoms with van der Waals surface area (Å²) < 4.78 is 39.3. The molecule has 0 aliphatic rings. The lowest BCUT2D eigenvalue weighted by Crippen LogP contribution is -2.31. The minimum Gasteiger partial charge on any atom is -0.392 e. The zero-order valence-corrected chi connectivity index (χ0v) is 9.68. The van der Waals surface area contributed by atoms with E-state index in [1.807, 2.05) is 13.8 Å². The molecule has 0 aliphatic heterocycles. The number of hydrogen-bond donors (Lipinski definition) is 2. The van der Waals surface area contributed by atoms with Gasteiger partial charge in [0.25, 0.3) is 0 Å². The van der Waals surface area contributed by atoms with E-state index in [1.54, 1.807) is 0 Å². The Morgan fingerprint density at radius 1 is 1.31 bits per heavy atom. The van der Waals surface area contributed by atoms with E-state index < -0.39 is 18.9 Å². The first-order valence-corrected chi connectivity index (χ1v) is 5.34. The van der Waals surface area contributed by atoms with Gasteiger partial charge in [0.15, 0.2) is 0 Å². The second kappa shape index (κ2) is 7.86. The number of hydrogen-bond acceptors (Lipinski definition) is 3. The van der Waals surface area contributed by atoms with Gasteiger partial charge in [-0.25, -0.2) is 0 Å². The SMILES string of the molecule is CC(C)CC(O)CNCCOCC(F)(F)F. The van der Waals surface area contributed by atoms with E-state index in [9.17, 15) is 18.3 Å². The Bertz CT molecular complexity index is 174. The van der Waals surface area contributed by atoms with Crippen LogP contribution in [0.1, 0.15) is 20.3 Å². The third-order valence-electron chi connectivity index (χ3n) is 1.81. The molecule has 0 spiro atoms. The average Bonchev–Trinajstić information content (AvgIpc) is 2.07. The van der Waals surface area contributed by atoms with E-state index in [0.29, 0.717) is 25.4 Å². The number of ether oxygens (including phenoxy) is 1. The molecule has 0 aromatic heterocycles. The number of halogens is 3. The van der Waals surface area contributed by atoms with Crippen LogP contribution in [-0.2, 0) is 4.74 Å². The van der Waals surface area contributed by atoms with E-state index in [1.165, 1.54) is 0 Å². The molecular weight excluding hydrogens is 223 g/mol. The van der Waals surface area contributed by atoms with Crippen LogP contribution in [0.3, 0.4) is 0 Å². The van der Waals surface area contributed by atoms with Crippen molar-refractivity contribution in [1.82, 2.24) is 5.32 Å². The number of nitrogens with one attached hydrogen (secondary N) is 1. The quantitative estimate of drug-likeness (QED) is 0.636. The van der Waals surface area contributed by atoms with Gasteiger partial charge in [-0.2, -0.15) is 13.2 Å². The van der Waals surface area contributed by atoms with Crippen molar-refractivity contribution in [2.24, 2.45) is 5.92 Å². The van der Waals surface area contributed by atoms with Gasteiger partial charge in [0.2, 0.25) is 0 Å². The molecule has 0 fully saturated rings. The van der Waals surface area contributed by atoms with Gasteiger partial charge in [0, 0.05) is 13.1 Å². The Morgan fingerprint density at radius 3 is 2.44 bits per heavy atom. The molecule has 0 aromatic rings. The van der Waals surface area contributed by atoms with E-state index in [-0.39, 0.29) is 6.61 Å². The summed E-state index contributed by atoms with van der Waals surface area (Å²) >= 11 is 0. The van der Waals surface area contributed by atoms with Crippen molar-refractivity contribution in [2.45, 2.75) is 32.5 Å². The average molecular weight is 243 g/mol. The van der Waals surface area contributed by atoms with Crippen molar-refractivity contribution < 1.29 is 23.0 Å². The molecule has 0 radical (unpaired) electrons. The van der Waals surface area contributed by atoms with Crippen molar-refractivity contribution in [1.29, 1.82) is 0 Å². The second-order valence-electron chi connectivity index (χ2n) is 4.16. The summed E-state index contributed by atoms with van der Waals surface area (Å²) in [5.41, 5.74) is 0. The second-order valence-corrected chi connectivity index (χ2v) is 4.16. The zero-order chi connectivity index (χ0) is 12.6. The lowest BCUT2D eigenvalue weighted by atomic mass is 10.1. The fourth-order valence-corrected chi connectivity index (χ4v) is 1.23. The Labute approximate surface area is 94.0 Å². The molecule has 0 bridgehead atoms. The predicted octanol–water partition coefficient (Wildman–Crippen LogP) is 1.56. The van der Waals surface area contributed by atoms with Crippen molar-refractivity contribution in [3.05, 3.63) is 0 Å². The summed E-state index contributed by atoms with van der Waals surface area (Å²) in [5, 5.41) is 12.3. The Hall–Kier alpha value is -0.330. The first-order valence-electron chi connectivity index (χ1n) is 5.34. The number of aliphatic hydroxyl groups excluding tert-OH is 1. The molecule has 2 N–H and O–H groups in total. The normalized spacial score (nSPS) is 14.4.